The Morgan fingerprint density at radius 3 is 2.09 bits per heavy atom. The van der Waals surface area contributed by atoms with Gasteiger partial charge in [-0.15, -0.1) is 0 Å². The van der Waals surface area contributed by atoms with Gasteiger partial charge in [0.1, 0.15) is 0 Å². The van der Waals surface area contributed by atoms with Gasteiger partial charge in [-0.2, -0.15) is 0 Å². The van der Waals surface area contributed by atoms with Crippen LogP contribution in [-0.2, 0) is 12.0 Å². The van der Waals surface area contributed by atoms with Crippen molar-refractivity contribution in [2.24, 2.45) is 0 Å². The van der Waals surface area contributed by atoms with Gasteiger partial charge in [-0.05, 0) is 35.6 Å². The van der Waals surface area contributed by atoms with Gasteiger partial charge in [-0.1, -0.05) is 62.7 Å². The smallest absolute Gasteiger partial charge is 0.321 e. The lowest BCUT2D eigenvalue weighted by atomic mass is 9.87. The number of carbonyl (C=O) groups is 1. The molecule has 0 unspecified atom stereocenters. The Morgan fingerprint density at radius 1 is 1.00 bits per heavy atom. The van der Waals surface area contributed by atoms with Crippen molar-refractivity contribution in [2.45, 2.75) is 39.7 Å². The van der Waals surface area contributed by atoms with Gasteiger partial charge in [0.05, 0.1) is 0 Å². The zero-order chi connectivity index (χ0) is 17.0. The van der Waals surface area contributed by atoms with E-state index >= 15 is 0 Å². The number of nitrogens with one attached hydrogen (secondary N) is 1. The Bertz CT molecular complexity index is 652. The van der Waals surface area contributed by atoms with Gasteiger partial charge < -0.3 is 10.2 Å². The number of nitrogens with zero attached hydrogens (tertiary/aromatic N) is 1. The minimum absolute atomic E-state index is 0.103. The van der Waals surface area contributed by atoms with E-state index in [-0.39, 0.29) is 11.4 Å². The SMILES string of the molecule is Cc1ccc(NC(=O)N(C)Cc2ccc(C(C)(C)C)cc2)cc1. The molecule has 1 N–H and O–H groups in total. The van der Waals surface area contributed by atoms with E-state index in [9.17, 15) is 4.79 Å². The van der Waals surface area contributed by atoms with E-state index < -0.39 is 0 Å². The number of aryl methyl sites for hydroxylation is 1. The van der Waals surface area contributed by atoms with E-state index in [0.717, 1.165) is 11.3 Å². The molecule has 0 heterocycles. The summed E-state index contributed by atoms with van der Waals surface area (Å²) in [6, 6.07) is 16.2. The average Bonchev–Trinajstić information content (AvgIpc) is 2.49. The summed E-state index contributed by atoms with van der Waals surface area (Å²) in [7, 11) is 1.81. The lowest BCUT2D eigenvalue weighted by Crippen LogP contribution is -2.30. The highest BCUT2D eigenvalue weighted by atomic mass is 16.2. The van der Waals surface area contributed by atoms with Crippen LogP contribution in [0.1, 0.15) is 37.5 Å². The molecule has 2 rings (SSSR count). The van der Waals surface area contributed by atoms with E-state index in [1.54, 1.807) is 11.9 Å². The predicted octanol–water partition coefficient (Wildman–Crippen LogP) is 4.96. The molecule has 0 atom stereocenters. The van der Waals surface area contributed by atoms with Crippen LogP contribution in [-0.4, -0.2) is 18.0 Å². The Hall–Kier alpha value is -2.29. The number of urea groups is 1. The number of rotatable bonds is 3. The first kappa shape index (κ1) is 17.1. The monoisotopic (exact) mass is 310 g/mol. The lowest BCUT2D eigenvalue weighted by Gasteiger charge is -2.21. The highest BCUT2D eigenvalue weighted by Crippen LogP contribution is 2.22. The highest BCUT2D eigenvalue weighted by molar-refractivity contribution is 5.89. The standard InChI is InChI=1S/C20H26N2O/c1-15-6-12-18(13-7-15)21-19(23)22(5)14-16-8-10-17(11-9-16)20(2,3)4/h6-13H,14H2,1-5H3,(H,21,23). The van der Waals surface area contributed by atoms with Crippen molar-refractivity contribution in [1.29, 1.82) is 0 Å². The quantitative estimate of drug-likeness (QED) is 0.854. The summed E-state index contributed by atoms with van der Waals surface area (Å²) in [6.07, 6.45) is 0. The van der Waals surface area contributed by atoms with Crippen molar-refractivity contribution in [3.8, 4) is 0 Å². The molecule has 2 aromatic carbocycles. The maximum Gasteiger partial charge on any atom is 0.321 e. The molecule has 0 aliphatic heterocycles. The first-order valence-electron chi connectivity index (χ1n) is 7.94. The fourth-order valence-corrected chi connectivity index (χ4v) is 2.31. The van der Waals surface area contributed by atoms with E-state index in [1.165, 1.54) is 11.1 Å². The van der Waals surface area contributed by atoms with Crippen LogP contribution < -0.4 is 5.32 Å². The van der Waals surface area contributed by atoms with E-state index in [1.807, 2.05) is 31.2 Å². The third-order valence-corrected chi connectivity index (χ3v) is 3.89. The van der Waals surface area contributed by atoms with Gasteiger partial charge >= 0.3 is 6.03 Å². The molecular weight excluding hydrogens is 284 g/mol. The van der Waals surface area contributed by atoms with Gasteiger partial charge in [-0.3, -0.25) is 0 Å². The number of anilines is 1. The molecule has 122 valence electrons. The molecule has 2 amide bonds. The van der Waals surface area contributed by atoms with Gasteiger partial charge in [0, 0.05) is 19.3 Å². The fourth-order valence-electron chi connectivity index (χ4n) is 2.31. The first-order valence-corrected chi connectivity index (χ1v) is 7.94. The van der Waals surface area contributed by atoms with Crippen molar-refractivity contribution in [1.82, 2.24) is 4.90 Å². The summed E-state index contributed by atoms with van der Waals surface area (Å²) in [4.78, 5) is 13.9. The molecule has 0 radical (unpaired) electrons. The normalized spacial score (nSPS) is 11.2. The van der Waals surface area contributed by atoms with Crippen LogP contribution in [0.4, 0.5) is 10.5 Å². The second-order valence-corrected chi connectivity index (χ2v) is 7.10. The molecule has 3 nitrogen and oxygen atoms in total. The van der Waals surface area contributed by atoms with Crippen LogP contribution in [0.2, 0.25) is 0 Å². The Kier molecular flexibility index (Phi) is 5.09. The van der Waals surface area contributed by atoms with Crippen LogP contribution in [0.3, 0.4) is 0 Å². The van der Waals surface area contributed by atoms with E-state index in [2.05, 4.69) is 50.4 Å². The van der Waals surface area contributed by atoms with Gasteiger partial charge in [0.25, 0.3) is 0 Å². The van der Waals surface area contributed by atoms with Crippen LogP contribution in [0.25, 0.3) is 0 Å². The van der Waals surface area contributed by atoms with Crippen molar-refractivity contribution < 1.29 is 4.79 Å². The molecule has 0 fully saturated rings. The van der Waals surface area contributed by atoms with Crippen LogP contribution >= 0.6 is 0 Å². The number of amides is 2. The molecule has 3 heteroatoms. The lowest BCUT2D eigenvalue weighted by molar-refractivity contribution is 0.220. The second kappa shape index (κ2) is 6.86. The maximum atomic E-state index is 12.2. The zero-order valence-electron chi connectivity index (χ0n) is 14.7. The molecule has 23 heavy (non-hydrogen) atoms. The molecule has 0 spiro atoms. The third-order valence-electron chi connectivity index (χ3n) is 3.89. The van der Waals surface area contributed by atoms with Crippen molar-refractivity contribution in [2.75, 3.05) is 12.4 Å². The third kappa shape index (κ3) is 4.85. The average molecular weight is 310 g/mol. The summed E-state index contributed by atoms with van der Waals surface area (Å²) >= 11 is 0. The van der Waals surface area contributed by atoms with Gasteiger partial charge in [0.15, 0.2) is 0 Å². The Morgan fingerprint density at radius 2 is 1.57 bits per heavy atom. The predicted molar refractivity (Wildman–Crippen MR) is 96.8 cm³/mol. The Balaban J connectivity index is 1.96. The second-order valence-electron chi connectivity index (χ2n) is 7.10. The summed E-state index contributed by atoms with van der Waals surface area (Å²) in [5.41, 5.74) is 4.56. The van der Waals surface area contributed by atoms with Gasteiger partial charge in [0.2, 0.25) is 0 Å². The van der Waals surface area contributed by atoms with Crippen LogP contribution in [0.15, 0.2) is 48.5 Å². The number of benzene rings is 2. The summed E-state index contributed by atoms with van der Waals surface area (Å²) in [6.45, 7) is 9.20. The molecule has 0 saturated carbocycles. The van der Waals surface area contributed by atoms with Gasteiger partial charge in [-0.25, -0.2) is 4.79 Å². The van der Waals surface area contributed by atoms with Crippen molar-refractivity contribution in [3.05, 3.63) is 65.2 Å². The van der Waals surface area contributed by atoms with E-state index in [0.29, 0.717) is 6.54 Å². The molecule has 0 aliphatic rings. The number of hydrogen-bond donors (Lipinski definition) is 1. The topological polar surface area (TPSA) is 32.3 Å². The largest absolute Gasteiger partial charge is 0.323 e. The molecule has 0 bridgehead atoms. The molecular formula is C20H26N2O. The molecule has 0 saturated heterocycles. The van der Waals surface area contributed by atoms with Crippen LogP contribution in [0.5, 0.6) is 0 Å². The van der Waals surface area contributed by atoms with Crippen LogP contribution in [0, 0.1) is 6.92 Å². The van der Waals surface area contributed by atoms with Crippen molar-refractivity contribution >= 4 is 11.7 Å². The van der Waals surface area contributed by atoms with E-state index in [4.69, 9.17) is 0 Å². The summed E-state index contributed by atoms with van der Waals surface area (Å²) in [5, 5.41) is 2.91. The first-order chi connectivity index (χ1) is 10.8. The minimum Gasteiger partial charge on any atom is -0.323 e. The minimum atomic E-state index is -0.103. The Labute approximate surface area is 139 Å². The molecule has 2 aromatic rings. The number of carbonyl (C=O) groups excluding carboxylic acids is 1. The number of hydrogen-bond acceptors (Lipinski definition) is 1. The zero-order valence-corrected chi connectivity index (χ0v) is 14.7. The van der Waals surface area contributed by atoms with Crippen molar-refractivity contribution in [3.63, 3.8) is 0 Å². The molecule has 0 aliphatic carbocycles. The summed E-state index contributed by atoms with van der Waals surface area (Å²) < 4.78 is 0. The summed E-state index contributed by atoms with van der Waals surface area (Å²) in [5.74, 6) is 0. The fraction of sp³-hybridized carbons (Fsp3) is 0.350. The maximum absolute atomic E-state index is 12.2. The molecule has 0 aromatic heterocycles. The highest BCUT2D eigenvalue weighted by Gasteiger charge is 2.14.